The zero-order valence-corrected chi connectivity index (χ0v) is 13.1. The molecule has 3 nitrogen and oxygen atoms in total. The van der Waals surface area contributed by atoms with Crippen LogP contribution in [0.5, 0.6) is 0 Å². The van der Waals surface area contributed by atoms with Crippen LogP contribution in [0.15, 0.2) is 73.0 Å². The average Bonchev–Trinajstić information content (AvgIpc) is 2.95. The minimum absolute atomic E-state index is 0.214. The van der Waals surface area contributed by atoms with Crippen LogP contribution < -0.4 is 0 Å². The van der Waals surface area contributed by atoms with Crippen LogP contribution in [0.2, 0.25) is 0 Å². The second-order valence-electron chi connectivity index (χ2n) is 5.57. The third-order valence-electron chi connectivity index (χ3n) is 4.14. The van der Waals surface area contributed by atoms with E-state index in [-0.39, 0.29) is 11.9 Å². The highest BCUT2D eigenvalue weighted by Crippen LogP contribution is 2.45. The topological polar surface area (TPSA) is 35.5 Å². The molecule has 1 heterocycles. The number of hydrogen-bond acceptors (Lipinski definition) is 3. The molecule has 0 aromatic heterocycles. The van der Waals surface area contributed by atoms with E-state index < -0.39 is 5.60 Å². The number of benzene rings is 2. The van der Waals surface area contributed by atoms with Crippen LogP contribution in [0.25, 0.3) is 0 Å². The Labute approximate surface area is 136 Å². The molecule has 1 aliphatic heterocycles. The van der Waals surface area contributed by atoms with Gasteiger partial charge in [-0.05, 0) is 13.0 Å². The standard InChI is InChI=1S/C20H20O3/c1-2-22-14-13-16-15-20(23-19(16)21,17-9-5-3-6-10-17)18-11-7-4-8-12-18/h3-14,16H,2,15H2,1H3/b14-13-. The molecule has 1 fully saturated rings. The van der Waals surface area contributed by atoms with Gasteiger partial charge in [0.1, 0.15) is 0 Å². The lowest BCUT2D eigenvalue weighted by Crippen LogP contribution is -2.27. The highest BCUT2D eigenvalue weighted by Gasteiger charge is 2.48. The van der Waals surface area contributed by atoms with Gasteiger partial charge in [-0.3, -0.25) is 4.79 Å². The highest BCUT2D eigenvalue weighted by molar-refractivity contribution is 5.78. The van der Waals surface area contributed by atoms with Crippen molar-refractivity contribution in [3.63, 3.8) is 0 Å². The van der Waals surface area contributed by atoms with Crippen molar-refractivity contribution in [2.75, 3.05) is 6.61 Å². The summed E-state index contributed by atoms with van der Waals surface area (Å²) >= 11 is 0. The summed E-state index contributed by atoms with van der Waals surface area (Å²) in [5.41, 5.74) is 1.25. The van der Waals surface area contributed by atoms with E-state index in [1.165, 1.54) is 0 Å². The molecule has 0 bridgehead atoms. The van der Waals surface area contributed by atoms with E-state index in [9.17, 15) is 4.79 Å². The summed E-state index contributed by atoms with van der Waals surface area (Å²) in [4.78, 5) is 12.4. The van der Waals surface area contributed by atoms with Crippen molar-refractivity contribution in [2.24, 2.45) is 5.92 Å². The van der Waals surface area contributed by atoms with Crippen LogP contribution in [0.1, 0.15) is 24.5 Å². The van der Waals surface area contributed by atoms with Crippen molar-refractivity contribution < 1.29 is 14.3 Å². The zero-order valence-electron chi connectivity index (χ0n) is 13.1. The lowest BCUT2D eigenvalue weighted by Gasteiger charge is -2.29. The third kappa shape index (κ3) is 3.00. The number of ether oxygens (including phenoxy) is 2. The molecule has 118 valence electrons. The molecule has 0 spiro atoms. The van der Waals surface area contributed by atoms with Crippen molar-refractivity contribution in [1.82, 2.24) is 0 Å². The van der Waals surface area contributed by atoms with Gasteiger partial charge in [0.2, 0.25) is 0 Å². The number of hydrogen-bond donors (Lipinski definition) is 0. The van der Waals surface area contributed by atoms with E-state index in [1.807, 2.05) is 67.6 Å². The molecule has 0 radical (unpaired) electrons. The van der Waals surface area contributed by atoms with Gasteiger partial charge in [0.15, 0.2) is 5.60 Å². The molecule has 0 N–H and O–H groups in total. The minimum atomic E-state index is -0.735. The molecule has 0 amide bonds. The Morgan fingerprint density at radius 3 is 2.17 bits per heavy atom. The van der Waals surface area contributed by atoms with Crippen LogP contribution in [0, 0.1) is 5.92 Å². The van der Waals surface area contributed by atoms with Gasteiger partial charge in [-0.1, -0.05) is 60.7 Å². The monoisotopic (exact) mass is 308 g/mol. The molecule has 3 heteroatoms. The number of carbonyl (C=O) groups is 1. The zero-order chi connectivity index (χ0) is 16.1. The summed E-state index contributed by atoms with van der Waals surface area (Å²) in [6.45, 7) is 2.50. The average molecular weight is 308 g/mol. The van der Waals surface area contributed by atoms with Crippen molar-refractivity contribution in [3.8, 4) is 0 Å². The Morgan fingerprint density at radius 1 is 1.09 bits per heavy atom. The Bertz CT molecular complexity index is 637. The summed E-state index contributed by atoms with van der Waals surface area (Å²) in [5, 5.41) is 0. The molecule has 1 saturated heterocycles. The number of esters is 1. The summed E-state index contributed by atoms with van der Waals surface area (Å²) in [6, 6.07) is 19.8. The summed E-state index contributed by atoms with van der Waals surface area (Å²) in [6.07, 6.45) is 3.96. The minimum Gasteiger partial charge on any atom is -0.502 e. The lowest BCUT2D eigenvalue weighted by molar-refractivity contribution is -0.147. The first-order valence-corrected chi connectivity index (χ1v) is 7.88. The molecule has 1 atom stereocenters. The first-order chi connectivity index (χ1) is 11.3. The maximum Gasteiger partial charge on any atom is 0.314 e. The van der Waals surface area contributed by atoms with Crippen LogP contribution in [-0.4, -0.2) is 12.6 Å². The van der Waals surface area contributed by atoms with E-state index >= 15 is 0 Å². The van der Waals surface area contributed by atoms with Crippen LogP contribution >= 0.6 is 0 Å². The van der Waals surface area contributed by atoms with E-state index in [0.29, 0.717) is 13.0 Å². The fourth-order valence-corrected chi connectivity index (χ4v) is 3.01. The Balaban J connectivity index is 2.00. The summed E-state index contributed by atoms with van der Waals surface area (Å²) in [5.74, 6) is -0.518. The van der Waals surface area contributed by atoms with Gasteiger partial charge in [-0.15, -0.1) is 0 Å². The molecule has 3 rings (SSSR count). The number of cyclic esters (lactones) is 1. The second-order valence-corrected chi connectivity index (χ2v) is 5.57. The lowest BCUT2D eigenvalue weighted by atomic mass is 9.81. The summed E-state index contributed by atoms with van der Waals surface area (Å²) in [7, 11) is 0. The van der Waals surface area contributed by atoms with Crippen molar-refractivity contribution in [1.29, 1.82) is 0 Å². The van der Waals surface area contributed by atoms with E-state index in [1.54, 1.807) is 12.3 Å². The van der Waals surface area contributed by atoms with Gasteiger partial charge in [0.25, 0.3) is 0 Å². The Hall–Kier alpha value is -2.55. The van der Waals surface area contributed by atoms with Gasteiger partial charge in [0, 0.05) is 17.5 Å². The Kier molecular flexibility index (Phi) is 4.47. The van der Waals surface area contributed by atoms with Crippen LogP contribution in [0.4, 0.5) is 0 Å². The van der Waals surface area contributed by atoms with Crippen LogP contribution in [-0.2, 0) is 19.9 Å². The number of rotatable bonds is 5. The van der Waals surface area contributed by atoms with Crippen molar-refractivity contribution in [2.45, 2.75) is 18.9 Å². The number of carbonyl (C=O) groups excluding carboxylic acids is 1. The molecule has 0 saturated carbocycles. The van der Waals surface area contributed by atoms with Gasteiger partial charge in [-0.25, -0.2) is 0 Å². The van der Waals surface area contributed by atoms with Gasteiger partial charge < -0.3 is 9.47 Å². The highest BCUT2D eigenvalue weighted by atomic mass is 16.6. The largest absolute Gasteiger partial charge is 0.502 e. The first-order valence-electron chi connectivity index (χ1n) is 7.88. The smallest absolute Gasteiger partial charge is 0.314 e. The van der Waals surface area contributed by atoms with Crippen molar-refractivity contribution in [3.05, 3.63) is 84.1 Å². The third-order valence-corrected chi connectivity index (χ3v) is 4.14. The van der Waals surface area contributed by atoms with E-state index in [0.717, 1.165) is 11.1 Å². The fraction of sp³-hybridized carbons (Fsp3) is 0.250. The molecule has 1 unspecified atom stereocenters. The molecule has 23 heavy (non-hydrogen) atoms. The SMILES string of the molecule is CCO/C=C\C1CC(c2ccccc2)(c2ccccc2)OC1=O. The van der Waals surface area contributed by atoms with E-state index in [4.69, 9.17) is 9.47 Å². The molecule has 0 aliphatic carbocycles. The second kappa shape index (κ2) is 6.69. The van der Waals surface area contributed by atoms with Crippen LogP contribution in [0.3, 0.4) is 0 Å². The van der Waals surface area contributed by atoms with Gasteiger partial charge >= 0.3 is 5.97 Å². The van der Waals surface area contributed by atoms with Gasteiger partial charge in [0.05, 0.1) is 18.8 Å². The normalized spacial score (nSPS) is 19.7. The van der Waals surface area contributed by atoms with Crippen molar-refractivity contribution >= 4 is 5.97 Å². The molecular formula is C20H20O3. The summed E-state index contributed by atoms with van der Waals surface area (Å²) < 4.78 is 11.2. The quantitative estimate of drug-likeness (QED) is 0.617. The predicted octanol–water partition coefficient (Wildman–Crippen LogP) is 4.04. The molecular weight excluding hydrogens is 288 g/mol. The van der Waals surface area contributed by atoms with Gasteiger partial charge in [-0.2, -0.15) is 0 Å². The van der Waals surface area contributed by atoms with E-state index in [2.05, 4.69) is 0 Å². The molecule has 2 aromatic carbocycles. The maximum atomic E-state index is 12.4. The Morgan fingerprint density at radius 2 is 1.65 bits per heavy atom. The fourth-order valence-electron chi connectivity index (χ4n) is 3.01. The predicted molar refractivity (Wildman–Crippen MR) is 88.6 cm³/mol. The first kappa shape index (κ1) is 15.3. The molecule has 2 aromatic rings. The molecule has 1 aliphatic rings. The maximum absolute atomic E-state index is 12.4.